The lowest BCUT2D eigenvalue weighted by Crippen LogP contribution is -2.32. The number of halogens is 2. The highest BCUT2D eigenvalue weighted by molar-refractivity contribution is 9.10. The minimum absolute atomic E-state index is 0.125. The summed E-state index contributed by atoms with van der Waals surface area (Å²) in [6, 6.07) is 9.90. The number of rotatable bonds is 3. The summed E-state index contributed by atoms with van der Waals surface area (Å²) in [5, 5.41) is 10.7. The minimum Gasteiger partial charge on any atom is -0.469 e. The van der Waals surface area contributed by atoms with E-state index in [9.17, 15) is 19.1 Å². The molecule has 2 aromatic carbocycles. The summed E-state index contributed by atoms with van der Waals surface area (Å²) in [5.74, 6) is -2.34. The van der Waals surface area contributed by atoms with Gasteiger partial charge in [-0.1, -0.05) is 34.1 Å². The fourth-order valence-electron chi connectivity index (χ4n) is 3.22. The third kappa shape index (κ3) is 3.89. The highest BCUT2D eigenvalue weighted by Gasteiger charge is 2.38. The molecule has 0 bridgehead atoms. The van der Waals surface area contributed by atoms with E-state index >= 15 is 0 Å². The van der Waals surface area contributed by atoms with Gasteiger partial charge in [0.05, 0.1) is 31.4 Å². The first-order chi connectivity index (χ1) is 12.8. The summed E-state index contributed by atoms with van der Waals surface area (Å²) in [6.45, 7) is 1.79. The predicted molar refractivity (Wildman–Crippen MR) is 102 cm³/mol. The average Bonchev–Trinajstić information content (AvgIpc) is 2.74. The molecule has 142 valence electrons. The van der Waals surface area contributed by atoms with Gasteiger partial charge in [0.2, 0.25) is 5.91 Å². The van der Waals surface area contributed by atoms with Gasteiger partial charge in [0.25, 0.3) is 0 Å². The van der Waals surface area contributed by atoms with Gasteiger partial charge in [0.15, 0.2) is 0 Å². The van der Waals surface area contributed by atoms with Crippen molar-refractivity contribution in [3.05, 3.63) is 63.4 Å². The van der Waals surface area contributed by atoms with Gasteiger partial charge in [-0.3, -0.25) is 9.59 Å². The molecule has 1 N–H and O–H groups in total. The molecular weight excluding hydrogens is 417 g/mol. The van der Waals surface area contributed by atoms with Crippen molar-refractivity contribution in [2.24, 2.45) is 5.92 Å². The fraction of sp³-hybridized carbons (Fsp3) is 0.300. The summed E-state index contributed by atoms with van der Waals surface area (Å²) >= 11 is 3.38. The summed E-state index contributed by atoms with van der Waals surface area (Å²) in [4.78, 5) is 26.5. The van der Waals surface area contributed by atoms with Crippen LogP contribution in [0, 0.1) is 18.7 Å². The lowest BCUT2D eigenvalue weighted by molar-refractivity contribution is -0.151. The number of hydrogen-bond acceptors (Lipinski definition) is 4. The topological polar surface area (TPSA) is 66.8 Å². The molecule has 2 unspecified atom stereocenters. The average molecular weight is 436 g/mol. The summed E-state index contributed by atoms with van der Waals surface area (Å²) < 4.78 is 19.4. The second-order valence-electron chi connectivity index (χ2n) is 6.55. The van der Waals surface area contributed by atoms with Gasteiger partial charge in [-0.15, -0.1) is 0 Å². The van der Waals surface area contributed by atoms with Crippen LogP contribution >= 0.6 is 15.9 Å². The Morgan fingerprint density at radius 3 is 2.74 bits per heavy atom. The number of aliphatic hydroxyl groups excluding tert-OH is 1. The number of benzene rings is 2. The molecule has 0 spiro atoms. The van der Waals surface area contributed by atoms with Gasteiger partial charge in [-0.25, -0.2) is 4.39 Å². The third-order valence-electron chi connectivity index (χ3n) is 4.76. The van der Waals surface area contributed by atoms with Crippen LogP contribution in [0.15, 0.2) is 40.9 Å². The van der Waals surface area contributed by atoms with Crippen LogP contribution in [-0.2, 0) is 20.9 Å². The zero-order valence-corrected chi connectivity index (χ0v) is 16.5. The maximum Gasteiger partial charge on any atom is 0.312 e. The van der Waals surface area contributed by atoms with Crippen molar-refractivity contribution in [3.8, 4) is 0 Å². The minimum atomic E-state index is -1.18. The molecule has 1 heterocycles. The fourth-order valence-corrected chi connectivity index (χ4v) is 3.56. The second kappa shape index (κ2) is 7.78. The Morgan fingerprint density at radius 2 is 2.07 bits per heavy atom. The third-order valence-corrected chi connectivity index (χ3v) is 5.25. The van der Waals surface area contributed by atoms with E-state index in [4.69, 9.17) is 4.74 Å². The van der Waals surface area contributed by atoms with Crippen molar-refractivity contribution in [2.45, 2.75) is 26.0 Å². The standard InChI is InChI=1S/C20H19BrFNO4/c1-11-3-4-12(7-16(11)22)10-23-17-8-13(21)5-6-14(17)19(25)15(9-18(23)24)20(26)27-2/h3-8,15,19,25H,9-10H2,1-2H3. The van der Waals surface area contributed by atoms with Gasteiger partial charge in [-0.2, -0.15) is 0 Å². The number of amides is 1. The maximum absolute atomic E-state index is 13.9. The van der Waals surface area contributed by atoms with Crippen LogP contribution in [0.2, 0.25) is 0 Å². The van der Waals surface area contributed by atoms with Gasteiger partial charge in [0, 0.05) is 16.5 Å². The van der Waals surface area contributed by atoms with E-state index in [0.717, 1.165) is 4.47 Å². The molecule has 27 heavy (non-hydrogen) atoms. The Kier molecular flexibility index (Phi) is 5.62. The van der Waals surface area contributed by atoms with Crippen molar-refractivity contribution in [1.82, 2.24) is 0 Å². The van der Waals surface area contributed by atoms with Crippen molar-refractivity contribution in [3.63, 3.8) is 0 Å². The Balaban J connectivity index is 2.06. The number of methoxy groups -OCH3 is 1. The molecular formula is C20H19BrFNO4. The molecule has 3 rings (SSSR count). The maximum atomic E-state index is 13.9. The number of esters is 1. The largest absolute Gasteiger partial charge is 0.469 e. The van der Waals surface area contributed by atoms with E-state index < -0.39 is 18.0 Å². The van der Waals surface area contributed by atoms with E-state index in [1.807, 2.05) is 0 Å². The van der Waals surface area contributed by atoms with Gasteiger partial charge < -0.3 is 14.7 Å². The quantitative estimate of drug-likeness (QED) is 0.747. The summed E-state index contributed by atoms with van der Waals surface area (Å²) in [6.07, 6.45) is -1.38. The molecule has 0 saturated heterocycles. The van der Waals surface area contributed by atoms with Gasteiger partial charge >= 0.3 is 5.97 Å². The molecule has 0 fully saturated rings. The Hall–Kier alpha value is -2.25. The highest BCUT2D eigenvalue weighted by Crippen LogP contribution is 2.39. The van der Waals surface area contributed by atoms with Crippen LogP contribution in [0.1, 0.15) is 29.2 Å². The predicted octanol–water partition coefficient (Wildman–Crippen LogP) is 3.66. The molecule has 2 aromatic rings. The first-order valence-corrected chi connectivity index (χ1v) is 9.22. The highest BCUT2D eigenvalue weighted by atomic mass is 79.9. The summed E-state index contributed by atoms with van der Waals surface area (Å²) in [5.41, 5.74) is 2.06. The zero-order valence-electron chi connectivity index (χ0n) is 14.9. The molecule has 7 heteroatoms. The number of nitrogens with zero attached hydrogens (tertiary/aromatic N) is 1. The Bertz CT molecular complexity index is 902. The number of hydrogen-bond donors (Lipinski definition) is 1. The van der Waals surface area contributed by atoms with E-state index in [1.165, 1.54) is 18.1 Å². The molecule has 0 aromatic heterocycles. The van der Waals surface area contributed by atoms with Crippen molar-refractivity contribution < 1.29 is 23.8 Å². The molecule has 1 aliphatic heterocycles. The molecule has 5 nitrogen and oxygen atoms in total. The molecule has 0 radical (unpaired) electrons. The van der Waals surface area contributed by atoms with E-state index in [-0.39, 0.29) is 24.7 Å². The van der Waals surface area contributed by atoms with Gasteiger partial charge in [-0.05, 0) is 36.2 Å². The van der Waals surface area contributed by atoms with Crippen LogP contribution in [0.5, 0.6) is 0 Å². The lowest BCUT2D eigenvalue weighted by atomic mass is 9.93. The molecule has 0 saturated carbocycles. The first kappa shape index (κ1) is 19.5. The van der Waals surface area contributed by atoms with E-state index in [0.29, 0.717) is 22.4 Å². The first-order valence-electron chi connectivity index (χ1n) is 8.42. The van der Waals surface area contributed by atoms with Crippen LogP contribution in [0.3, 0.4) is 0 Å². The SMILES string of the molecule is COC(=O)C1CC(=O)N(Cc2ccc(C)c(F)c2)c2cc(Br)ccc2C1O. The van der Waals surface area contributed by atoms with Crippen LogP contribution in [-0.4, -0.2) is 24.1 Å². The van der Waals surface area contributed by atoms with Crippen molar-refractivity contribution in [2.75, 3.05) is 12.0 Å². The second-order valence-corrected chi connectivity index (χ2v) is 7.46. The summed E-state index contributed by atoms with van der Waals surface area (Å²) in [7, 11) is 1.22. The number of aryl methyl sites for hydroxylation is 1. The monoisotopic (exact) mass is 435 g/mol. The molecule has 1 amide bonds. The smallest absolute Gasteiger partial charge is 0.312 e. The molecule has 1 aliphatic rings. The number of anilines is 1. The molecule has 0 aliphatic carbocycles. The van der Waals surface area contributed by atoms with E-state index in [2.05, 4.69) is 15.9 Å². The Labute approximate surface area is 164 Å². The zero-order chi connectivity index (χ0) is 19.7. The van der Waals surface area contributed by atoms with Crippen molar-refractivity contribution in [1.29, 1.82) is 0 Å². The Morgan fingerprint density at radius 1 is 1.33 bits per heavy atom. The van der Waals surface area contributed by atoms with Crippen LogP contribution in [0.4, 0.5) is 10.1 Å². The molecule has 2 atom stereocenters. The number of aliphatic hydroxyl groups is 1. The number of ether oxygens (including phenoxy) is 1. The van der Waals surface area contributed by atoms with Crippen molar-refractivity contribution >= 4 is 33.5 Å². The lowest BCUT2D eigenvalue weighted by Gasteiger charge is -2.24. The van der Waals surface area contributed by atoms with Gasteiger partial charge in [0.1, 0.15) is 5.82 Å². The normalized spacial score (nSPS) is 19.4. The van der Waals surface area contributed by atoms with Crippen LogP contribution in [0.25, 0.3) is 0 Å². The van der Waals surface area contributed by atoms with E-state index in [1.54, 1.807) is 37.3 Å². The van der Waals surface area contributed by atoms with Crippen LogP contribution < -0.4 is 4.90 Å². The number of carbonyl (C=O) groups is 2. The number of fused-ring (bicyclic) bond motifs is 1. The number of carbonyl (C=O) groups excluding carboxylic acids is 2.